The van der Waals surface area contributed by atoms with Crippen LogP contribution < -0.4 is 0 Å². The predicted octanol–water partition coefficient (Wildman–Crippen LogP) is 1.84. The van der Waals surface area contributed by atoms with Crippen LogP contribution in [0.15, 0.2) is 28.1 Å². The minimum atomic E-state index is -0.113. The molecule has 0 amide bonds. The van der Waals surface area contributed by atoms with Gasteiger partial charge in [-0.3, -0.25) is 0 Å². The molecule has 0 bridgehead atoms. The topological polar surface area (TPSA) is 77.0 Å². The molecule has 0 aromatic carbocycles. The number of thiophene rings is 1. The fourth-order valence-electron chi connectivity index (χ4n) is 1.72. The lowest BCUT2D eigenvalue weighted by Crippen LogP contribution is -2.02. The Bertz CT molecular complexity index is 672. The van der Waals surface area contributed by atoms with Crippen LogP contribution in [0.25, 0.3) is 10.8 Å². The average Bonchev–Trinajstić information content (AvgIpc) is 3.12. The van der Waals surface area contributed by atoms with E-state index in [4.69, 9.17) is 9.52 Å². The first kappa shape index (κ1) is 12.1. The first-order valence-electron chi connectivity index (χ1n) is 5.76. The highest BCUT2D eigenvalue weighted by atomic mass is 32.1. The molecule has 0 saturated carbocycles. The maximum Gasteiger partial charge on any atom is 0.236 e. The number of aliphatic hydroxyl groups excluding tert-OH is 1. The van der Waals surface area contributed by atoms with Crippen LogP contribution in [-0.4, -0.2) is 25.1 Å². The fraction of sp³-hybridized carbons (Fsp3) is 0.250. The van der Waals surface area contributed by atoms with Gasteiger partial charge in [0.05, 0.1) is 24.2 Å². The summed E-state index contributed by atoms with van der Waals surface area (Å²) in [5.74, 6) is 1.40. The van der Waals surface area contributed by atoms with Crippen LogP contribution in [0.1, 0.15) is 17.1 Å². The molecule has 98 valence electrons. The Labute approximate surface area is 113 Å². The van der Waals surface area contributed by atoms with Crippen molar-refractivity contribution in [2.24, 2.45) is 0 Å². The molecular weight excluding hydrogens is 264 g/mol. The Kier molecular flexibility index (Phi) is 3.14. The van der Waals surface area contributed by atoms with Crippen molar-refractivity contribution < 1.29 is 9.52 Å². The van der Waals surface area contributed by atoms with Gasteiger partial charge in [0.1, 0.15) is 17.1 Å². The van der Waals surface area contributed by atoms with Crippen molar-refractivity contribution >= 4 is 11.3 Å². The second kappa shape index (κ2) is 4.94. The van der Waals surface area contributed by atoms with Crippen LogP contribution in [0.4, 0.5) is 0 Å². The minimum Gasteiger partial charge on any atom is -0.440 e. The molecule has 19 heavy (non-hydrogen) atoms. The predicted molar refractivity (Wildman–Crippen MR) is 69.6 cm³/mol. The second-order valence-electron chi connectivity index (χ2n) is 4.06. The van der Waals surface area contributed by atoms with Crippen LogP contribution in [0, 0.1) is 6.92 Å². The van der Waals surface area contributed by atoms with E-state index in [0.29, 0.717) is 18.1 Å². The van der Waals surface area contributed by atoms with Gasteiger partial charge in [-0.25, -0.2) is 9.67 Å². The Morgan fingerprint density at radius 3 is 3.05 bits per heavy atom. The molecule has 0 radical (unpaired) electrons. The number of aromatic nitrogens is 4. The van der Waals surface area contributed by atoms with Crippen LogP contribution in [-0.2, 0) is 13.2 Å². The second-order valence-corrected chi connectivity index (χ2v) is 5.01. The maximum absolute atomic E-state index is 8.95. The van der Waals surface area contributed by atoms with E-state index in [1.807, 2.05) is 24.4 Å². The Hall–Kier alpha value is -1.99. The monoisotopic (exact) mass is 276 g/mol. The molecular formula is C12H12N4O2S. The van der Waals surface area contributed by atoms with E-state index in [-0.39, 0.29) is 6.61 Å². The summed E-state index contributed by atoms with van der Waals surface area (Å²) in [6.45, 7) is 2.25. The lowest BCUT2D eigenvalue weighted by atomic mass is 10.3. The van der Waals surface area contributed by atoms with E-state index < -0.39 is 0 Å². The standard InChI is InChI=1S/C12H12N4O2S/c1-8-10(6-16-5-9(7-17)14-15-16)13-12(18-8)11-3-2-4-19-11/h2-5,17H,6-7H2,1H3. The zero-order chi connectivity index (χ0) is 13.2. The third-order valence-corrected chi connectivity index (χ3v) is 3.54. The molecule has 0 unspecified atom stereocenters. The van der Waals surface area contributed by atoms with Crippen LogP contribution in [0.3, 0.4) is 0 Å². The van der Waals surface area contributed by atoms with Crippen molar-refractivity contribution in [3.8, 4) is 10.8 Å². The van der Waals surface area contributed by atoms with Gasteiger partial charge in [-0.15, -0.1) is 16.4 Å². The van der Waals surface area contributed by atoms with Crippen LogP contribution >= 0.6 is 11.3 Å². The molecule has 0 aliphatic rings. The number of rotatable bonds is 4. The van der Waals surface area contributed by atoms with Gasteiger partial charge in [-0.05, 0) is 18.4 Å². The summed E-state index contributed by atoms with van der Waals surface area (Å²) < 4.78 is 7.29. The largest absolute Gasteiger partial charge is 0.440 e. The number of aryl methyl sites for hydroxylation is 1. The van der Waals surface area contributed by atoms with E-state index in [2.05, 4.69) is 15.3 Å². The maximum atomic E-state index is 8.95. The van der Waals surface area contributed by atoms with Crippen molar-refractivity contribution in [1.82, 2.24) is 20.0 Å². The van der Waals surface area contributed by atoms with Crippen molar-refractivity contribution in [3.63, 3.8) is 0 Å². The van der Waals surface area contributed by atoms with Crippen LogP contribution in [0.5, 0.6) is 0 Å². The SMILES string of the molecule is Cc1oc(-c2cccs2)nc1Cn1cc(CO)nn1. The molecule has 0 aliphatic carbocycles. The number of oxazole rings is 1. The van der Waals surface area contributed by atoms with Crippen molar-refractivity contribution in [1.29, 1.82) is 0 Å². The average molecular weight is 276 g/mol. The molecule has 3 aromatic heterocycles. The quantitative estimate of drug-likeness (QED) is 0.786. The van der Waals surface area contributed by atoms with Crippen molar-refractivity contribution in [3.05, 3.63) is 40.9 Å². The highest BCUT2D eigenvalue weighted by Gasteiger charge is 2.13. The number of hydrogen-bond acceptors (Lipinski definition) is 6. The Morgan fingerprint density at radius 2 is 2.37 bits per heavy atom. The molecule has 3 aromatic rings. The van der Waals surface area contributed by atoms with Gasteiger partial charge < -0.3 is 9.52 Å². The summed E-state index contributed by atoms with van der Waals surface area (Å²) >= 11 is 1.59. The van der Waals surface area contributed by atoms with E-state index in [1.54, 1.807) is 22.2 Å². The summed E-state index contributed by atoms with van der Waals surface area (Å²) in [4.78, 5) is 5.48. The number of hydrogen-bond donors (Lipinski definition) is 1. The molecule has 6 nitrogen and oxygen atoms in total. The fourth-order valence-corrected chi connectivity index (χ4v) is 2.37. The normalized spacial score (nSPS) is 11.1. The van der Waals surface area contributed by atoms with Gasteiger partial charge in [0.25, 0.3) is 0 Å². The lowest BCUT2D eigenvalue weighted by Gasteiger charge is -1.95. The molecule has 0 aliphatic heterocycles. The molecule has 3 heterocycles. The van der Waals surface area contributed by atoms with E-state index >= 15 is 0 Å². The highest BCUT2D eigenvalue weighted by Crippen LogP contribution is 2.26. The summed E-state index contributed by atoms with van der Waals surface area (Å²) in [7, 11) is 0. The molecule has 0 atom stereocenters. The lowest BCUT2D eigenvalue weighted by molar-refractivity contribution is 0.276. The van der Waals surface area contributed by atoms with E-state index in [1.165, 1.54) is 0 Å². The highest BCUT2D eigenvalue weighted by molar-refractivity contribution is 7.13. The van der Waals surface area contributed by atoms with Gasteiger partial charge in [-0.1, -0.05) is 11.3 Å². The third kappa shape index (κ3) is 2.42. The smallest absolute Gasteiger partial charge is 0.236 e. The van der Waals surface area contributed by atoms with Gasteiger partial charge >= 0.3 is 0 Å². The van der Waals surface area contributed by atoms with E-state index in [0.717, 1.165) is 16.3 Å². The Balaban J connectivity index is 1.85. The van der Waals surface area contributed by atoms with Gasteiger partial charge in [0.15, 0.2) is 0 Å². The first-order valence-corrected chi connectivity index (χ1v) is 6.64. The van der Waals surface area contributed by atoms with Gasteiger partial charge in [-0.2, -0.15) is 0 Å². The van der Waals surface area contributed by atoms with Gasteiger partial charge in [0.2, 0.25) is 5.89 Å². The Morgan fingerprint density at radius 1 is 1.47 bits per heavy atom. The minimum absolute atomic E-state index is 0.113. The molecule has 0 spiro atoms. The zero-order valence-corrected chi connectivity index (χ0v) is 11.1. The summed E-state index contributed by atoms with van der Waals surface area (Å²) in [6.07, 6.45) is 1.69. The van der Waals surface area contributed by atoms with Crippen LogP contribution in [0.2, 0.25) is 0 Å². The summed E-state index contributed by atoms with van der Waals surface area (Å²) in [6, 6.07) is 3.93. The summed E-state index contributed by atoms with van der Waals surface area (Å²) in [5, 5.41) is 18.7. The van der Waals surface area contributed by atoms with Gasteiger partial charge in [0, 0.05) is 0 Å². The number of aliphatic hydroxyl groups is 1. The molecule has 3 rings (SSSR count). The molecule has 0 fully saturated rings. The van der Waals surface area contributed by atoms with Crippen molar-refractivity contribution in [2.45, 2.75) is 20.1 Å². The first-order chi connectivity index (χ1) is 9.26. The van der Waals surface area contributed by atoms with E-state index in [9.17, 15) is 0 Å². The molecule has 0 saturated heterocycles. The molecule has 1 N–H and O–H groups in total. The number of nitrogens with zero attached hydrogens (tertiary/aromatic N) is 4. The van der Waals surface area contributed by atoms with Crippen molar-refractivity contribution in [2.75, 3.05) is 0 Å². The zero-order valence-electron chi connectivity index (χ0n) is 10.3. The molecule has 7 heteroatoms. The summed E-state index contributed by atoms with van der Waals surface area (Å²) in [5.41, 5.74) is 1.36. The third-order valence-electron chi connectivity index (χ3n) is 2.68.